The molecule has 0 atom stereocenters. The van der Waals surface area contributed by atoms with Crippen molar-refractivity contribution < 1.29 is 29.6 Å². The van der Waals surface area contributed by atoms with E-state index in [4.69, 9.17) is 14.5 Å². The van der Waals surface area contributed by atoms with Crippen LogP contribution in [-0.4, -0.2) is 4.98 Å². The van der Waals surface area contributed by atoms with Gasteiger partial charge in [0.1, 0.15) is 0 Å². The van der Waals surface area contributed by atoms with Gasteiger partial charge in [-0.05, 0) is 97.2 Å². The number of pyridine rings is 1. The van der Waals surface area contributed by atoms with Gasteiger partial charge in [0, 0.05) is 37.7 Å². The summed E-state index contributed by atoms with van der Waals surface area (Å²) in [6, 6.07) is 82.2. The van der Waals surface area contributed by atoms with Gasteiger partial charge in [-0.1, -0.05) is 175 Å². The van der Waals surface area contributed by atoms with Crippen LogP contribution in [0.25, 0.3) is 112 Å². The summed E-state index contributed by atoms with van der Waals surface area (Å²) in [5.41, 5.74) is 25.7. The van der Waals surface area contributed by atoms with Crippen LogP contribution in [0.2, 0.25) is 0 Å². The van der Waals surface area contributed by atoms with E-state index in [1.54, 1.807) is 26.0 Å². The number of nitrogens with zero attached hydrogens (tertiary/aromatic N) is 3. The summed E-state index contributed by atoms with van der Waals surface area (Å²) in [5, 5.41) is 0. The number of rotatable bonds is 9. The molecule has 4 aliphatic rings. The number of anilines is 2. The van der Waals surface area contributed by atoms with E-state index < -0.39 is 0 Å². The number of hydrogen-bond donors (Lipinski definition) is 0. The maximum Gasteiger partial charge on any atom is 0.0696 e. The number of fused-ring (bicyclic) bond motifs is 6. The molecule has 0 amide bonds. The van der Waals surface area contributed by atoms with Crippen LogP contribution in [-0.2, 0) is 29.6 Å². The quantitative estimate of drug-likeness (QED) is 0.135. The Bertz CT molecular complexity index is 3820. The molecule has 0 saturated heterocycles. The zero-order chi connectivity index (χ0) is 49.0. The third-order valence-electron chi connectivity index (χ3n) is 14.3. The van der Waals surface area contributed by atoms with Gasteiger partial charge in [0.15, 0.2) is 0 Å². The molecule has 0 fully saturated rings. The molecular formula is C69H42IrN3O2-5. The predicted octanol–water partition coefficient (Wildman–Crippen LogP) is 17.1. The Morgan fingerprint density at radius 2 is 0.813 bits per heavy atom. The van der Waals surface area contributed by atoms with Crippen molar-refractivity contribution in [3.63, 3.8) is 0 Å². The van der Waals surface area contributed by atoms with Crippen LogP contribution in [0.4, 0.5) is 11.4 Å². The Morgan fingerprint density at radius 1 is 0.373 bits per heavy atom. The maximum absolute atomic E-state index is 5.55. The first-order chi connectivity index (χ1) is 36.6. The van der Waals surface area contributed by atoms with Crippen molar-refractivity contribution in [1.82, 2.24) is 4.98 Å². The monoisotopic (exact) mass is 1140 g/mol. The minimum Gasteiger partial charge on any atom is -0.645 e. The molecule has 0 spiro atoms. The van der Waals surface area contributed by atoms with Crippen molar-refractivity contribution in [3.8, 4) is 100 Å². The minimum atomic E-state index is 0. The maximum atomic E-state index is 5.55. The molecule has 4 aliphatic heterocycles. The first-order valence-corrected chi connectivity index (χ1v) is 24.7. The van der Waals surface area contributed by atoms with Crippen LogP contribution < -0.4 is 9.80 Å². The predicted molar refractivity (Wildman–Crippen MR) is 300 cm³/mol. The zero-order valence-corrected chi connectivity index (χ0v) is 42.6. The molecule has 5 nitrogen and oxygen atoms in total. The third-order valence-corrected chi connectivity index (χ3v) is 14.3. The first-order valence-electron chi connectivity index (χ1n) is 24.7. The normalized spacial score (nSPS) is 13.6. The smallest absolute Gasteiger partial charge is 0.0696 e. The molecule has 9 aromatic carbocycles. The molecule has 0 bridgehead atoms. The Morgan fingerprint density at radius 3 is 1.31 bits per heavy atom. The molecule has 0 unspecified atom stereocenters. The van der Waals surface area contributed by atoms with Crippen molar-refractivity contribution in [1.29, 1.82) is 0 Å². The van der Waals surface area contributed by atoms with E-state index >= 15 is 0 Å². The summed E-state index contributed by atoms with van der Waals surface area (Å²) >= 11 is 0. The van der Waals surface area contributed by atoms with Crippen molar-refractivity contribution in [3.05, 3.63) is 285 Å². The molecule has 0 aliphatic carbocycles. The molecular weight excluding hydrogens is 1090 g/mol. The van der Waals surface area contributed by atoms with E-state index in [0.29, 0.717) is 0 Å². The van der Waals surface area contributed by atoms with Crippen molar-refractivity contribution in [2.45, 2.75) is 0 Å². The number of aromatic nitrogens is 1. The largest absolute Gasteiger partial charge is 0.645 e. The zero-order valence-electron chi connectivity index (χ0n) is 40.2. The summed E-state index contributed by atoms with van der Waals surface area (Å²) in [5.74, 6) is 0. The van der Waals surface area contributed by atoms with Crippen LogP contribution in [0.15, 0.2) is 242 Å². The average molecular weight is 1140 g/mol. The fourth-order valence-electron chi connectivity index (χ4n) is 10.6. The van der Waals surface area contributed by atoms with Gasteiger partial charge < -0.3 is 24.3 Å². The van der Waals surface area contributed by atoms with Crippen LogP contribution in [0, 0.1) is 31.7 Å². The van der Waals surface area contributed by atoms with E-state index in [1.165, 1.54) is 11.1 Å². The molecule has 5 heterocycles. The Labute approximate surface area is 450 Å². The van der Waals surface area contributed by atoms with Gasteiger partial charge in [0.2, 0.25) is 0 Å². The van der Waals surface area contributed by atoms with Crippen LogP contribution in [0.3, 0.4) is 0 Å². The van der Waals surface area contributed by atoms with Crippen molar-refractivity contribution >= 4 is 23.5 Å². The molecule has 10 aromatic rings. The second kappa shape index (κ2) is 19.4. The van der Waals surface area contributed by atoms with Crippen LogP contribution >= 0.6 is 0 Å². The van der Waals surface area contributed by atoms with Gasteiger partial charge in [-0.15, -0.1) is 69.8 Å². The number of hydrogen-bond acceptors (Lipinski definition) is 5. The summed E-state index contributed by atoms with van der Waals surface area (Å²) in [7, 11) is 0. The molecule has 1 radical (unpaired) electrons. The fraction of sp³-hybridized carbons (Fsp3) is 0. The van der Waals surface area contributed by atoms with Gasteiger partial charge >= 0.3 is 0 Å². The second-order valence-corrected chi connectivity index (χ2v) is 18.7. The first kappa shape index (κ1) is 45.8. The van der Waals surface area contributed by atoms with Gasteiger partial charge in [-0.3, -0.25) is 0 Å². The molecule has 75 heavy (non-hydrogen) atoms. The summed E-state index contributed by atoms with van der Waals surface area (Å²) in [6.45, 7) is 3.46. The summed E-state index contributed by atoms with van der Waals surface area (Å²) in [4.78, 5) is 9.16. The number of ether oxygens (including phenoxy) is 2. The topological polar surface area (TPSA) is 37.8 Å². The fourth-order valence-corrected chi connectivity index (χ4v) is 10.6. The Kier molecular flexibility index (Phi) is 11.8. The Hall–Kier alpha value is -9.06. The molecule has 0 N–H and O–H groups in total. The third kappa shape index (κ3) is 8.50. The van der Waals surface area contributed by atoms with E-state index in [1.807, 2.05) is 28.1 Å². The number of allylic oxidation sites excluding steroid dienone is 2. The average Bonchev–Trinajstić information content (AvgIpc) is 4.20. The summed E-state index contributed by atoms with van der Waals surface area (Å²) in [6.07, 6.45) is 13.9. The van der Waals surface area contributed by atoms with E-state index in [2.05, 4.69) is 231 Å². The molecule has 1 aromatic heterocycles. The van der Waals surface area contributed by atoms with E-state index in [0.717, 1.165) is 123 Å². The van der Waals surface area contributed by atoms with Crippen molar-refractivity contribution in [2.75, 3.05) is 9.80 Å². The van der Waals surface area contributed by atoms with Crippen molar-refractivity contribution in [2.24, 2.45) is 0 Å². The number of benzene rings is 9. The molecule has 0 saturated carbocycles. The SMILES string of the molecule is [Ir].[c-]1ccc(-c2ccc(-c3ccccc3)cc2)cc1-c1ccc(-c2ccccc2-c2cc(-c3ccccc3-c3c[c-]c4c(c3)C=CC3=CO[CH-]N34)cc(-c3ccccc3-c3c[c-]c4c(c3)C=CC3=CO[CH-]N34)c2)cn1. The minimum absolute atomic E-state index is 0. The van der Waals surface area contributed by atoms with Gasteiger partial charge in [0.05, 0.1) is 12.5 Å². The van der Waals surface area contributed by atoms with E-state index in [-0.39, 0.29) is 20.1 Å². The van der Waals surface area contributed by atoms with Gasteiger partial charge in [-0.2, -0.15) is 36.4 Å². The van der Waals surface area contributed by atoms with E-state index in [9.17, 15) is 0 Å². The van der Waals surface area contributed by atoms with Crippen LogP contribution in [0.5, 0.6) is 0 Å². The van der Waals surface area contributed by atoms with Gasteiger partial charge in [0.25, 0.3) is 0 Å². The summed E-state index contributed by atoms with van der Waals surface area (Å²) < 4.78 is 11.1. The second-order valence-electron chi connectivity index (χ2n) is 18.7. The molecule has 359 valence electrons. The Balaban J connectivity index is 0.00000541. The molecule has 14 rings (SSSR count). The van der Waals surface area contributed by atoms with Crippen LogP contribution in [0.1, 0.15) is 11.1 Å². The molecule has 6 heteroatoms. The standard InChI is InChI=1S/C69H42N3O2.Ir/c1-2-11-46(12-3-1)47-21-23-48(24-22-47)49-13-10-14-52(35-49)67-32-27-55(41-70-67)63-17-6-9-20-66(63)58-39-56(64-18-7-4-15-61(64)50-28-33-68-53(36-50)25-30-59-42-73-44-71(59)68)38-57(40-58)65-19-8-5-16-62(65)51-29-34-69-54(37-51)26-31-60-43-74-45-72(60)69;/h1-13,15-32,35-45H;/q-5;. The van der Waals surface area contributed by atoms with Gasteiger partial charge in [-0.25, -0.2) is 0 Å².